The van der Waals surface area contributed by atoms with E-state index in [1.165, 1.54) is 24.3 Å². The van der Waals surface area contributed by atoms with E-state index in [4.69, 9.17) is 4.74 Å². The molecule has 6 heteroatoms. The number of aliphatic hydroxyl groups is 1. The Morgan fingerprint density at radius 3 is 2.25 bits per heavy atom. The summed E-state index contributed by atoms with van der Waals surface area (Å²) < 4.78 is 5.20. The van der Waals surface area contributed by atoms with Gasteiger partial charge in [-0.3, -0.25) is 4.79 Å². The number of carbonyl (C=O) groups excluding carboxylic acids is 1. The van der Waals surface area contributed by atoms with E-state index in [9.17, 15) is 25.2 Å². The van der Waals surface area contributed by atoms with Crippen LogP contribution in [0.25, 0.3) is 0 Å². The lowest BCUT2D eigenvalue weighted by Gasteiger charge is -2.20. The van der Waals surface area contributed by atoms with Gasteiger partial charge in [0.05, 0.1) is 0 Å². The summed E-state index contributed by atoms with van der Waals surface area (Å²) in [7, 11) is 0. The molecular weight excluding hydrogens is 264 g/mol. The number of fused-ring (bicyclic) bond motifs is 1. The number of aromatic hydroxyl groups is 3. The van der Waals surface area contributed by atoms with Gasteiger partial charge >= 0.3 is 0 Å². The zero-order valence-corrected chi connectivity index (χ0v) is 10.1. The maximum Gasteiger partial charge on any atom is 0.300 e. The average Bonchev–Trinajstić information content (AvgIpc) is 2.63. The van der Waals surface area contributed by atoms with E-state index >= 15 is 0 Å². The number of hydrogen-bond donors (Lipinski definition) is 4. The molecule has 0 aromatic heterocycles. The number of hydrogen-bond acceptors (Lipinski definition) is 6. The fraction of sp³-hybridized carbons (Fsp3) is 0.0714. The van der Waals surface area contributed by atoms with Crippen molar-refractivity contribution >= 4 is 5.78 Å². The van der Waals surface area contributed by atoms with Crippen molar-refractivity contribution in [3.05, 3.63) is 47.5 Å². The highest BCUT2D eigenvalue weighted by Gasteiger charge is 2.50. The molecule has 0 bridgehead atoms. The summed E-state index contributed by atoms with van der Waals surface area (Å²) in [6, 6.07) is 7.37. The van der Waals surface area contributed by atoms with Crippen LogP contribution in [-0.4, -0.2) is 26.2 Å². The maximum absolute atomic E-state index is 12.3. The van der Waals surface area contributed by atoms with Crippen LogP contribution in [0.3, 0.4) is 0 Å². The van der Waals surface area contributed by atoms with E-state index in [0.717, 1.165) is 12.1 Å². The molecule has 0 spiro atoms. The third kappa shape index (κ3) is 1.59. The lowest BCUT2D eigenvalue weighted by atomic mass is 9.98. The summed E-state index contributed by atoms with van der Waals surface area (Å²) in [5.41, 5.74) is -0.0891. The number of ketones is 1. The van der Waals surface area contributed by atoms with Crippen LogP contribution in [0.15, 0.2) is 36.4 Å². The fourth-order valence-electron chi connectivity index (χ4n) is 2.15. The second kappa shape index (κ2) is 3.88. The first-order valence-corrected chi connectivity index (χ1v) is 5.73. The van der Waals surface area contributed by atoms with Crippen LogP contribution in [0, 0.1) is 0 Å². The van der Waals surface area contributed by atoms with E-state index in [1.807, 2.05) is 0 Å². The number of phenolic OH excluding ortho intramolecular Hbond substituents is 3. The van der Waals surface area contributed by atoms with Crippen LogP contribution in [0.4, 0.5) is 0 Å². The molecule has 4 N–H and O–H groups in total. The van der Waals surface area contributed by atoms with Crippen LogP contribution < -0.4 is 4.74 Å². The molecule has 0 aliphatic carbocycles. The molecular formula is C14H10O6. The van der Waals surface area contributed by atoms with Crippen LogP contribution >= 0.6 is 0 Å². The topological polar surface area (TPSA) is 107 Å². The summed E-state index contributed by atoms with van der Waals surface area (Å²) in [6.45, 7) is 0. The third-order valence-corrected chi connectivity index (χ3v) is 3.12. The van der Waals surface area contributed by atoms with Crippen LogP contribution in [0.5, 0.6) is 23.0 Å². The minimum absolute atomic E-state index is 0.0270. The van der Waals surface area contributed by atoms with Gasteiger partial charge in [-0.15, -0.1) is 0 Å². The van der Waals surface area contributed by atoms with Gasteiger partial charge in [-0.05, 0) is 24.3 Å². The Morgan fingerprint density at radius 1 is 0.950 bits per heavy atom. The molecule has 0 radical (unpaired) electrons. The Bertz CT molecular complexity index is 706. The largest absolute Gasteiger partial charge is 0.508 e. The van der Waals surface area contributed by atoms with E-state index in [2.05, 4.69) is 0 Å². The third-order valence-electron chi connectivity index (χ3n) is 3.12. The smallest absolute Gasteiger partial charge is 0.300 e. The Morgan fingerprint density at radius 2 is 1.60 bits per heavy atom. The number of ether oxygens (including phenoxy) is 1. The van der Waals surface area contributed by atoms with Crippen molar-refractivity contribution in [2.24, 2.45) is 0 Å². The van der Waals surface area contributed by atoms with Gasteiger partial charge in [0.1, 0.15) is 28.6 Å². The van der Waals surface area contributed by atoms with E-state index < -0.39 is 17.3 Å². The molecule has 6 nitrogen and oxygen atoms in total. The zero-order valence-electron chi connectivity index (χ0n) is 10.1. The summed E-state index contributed by atoms with van der Waals surface area (Å²) in [4.78, 5) is 12.3. The number of Topliss-reactive ketones (excluding diaryl/α,β-unsaturated/α-hetero) is 1. The van der Waals surface area contributed by atoms with Crippen molar-refractivity contribution in [1.82, 2.24) is 0 Å². The molecule has 1 unspecified atom stereocenters. The monoisotopic (exact) mass is 274 g/mol. The molecule has 3 rings (SSSR count). The van der Waals surface area contributed by atoms with Crippen molar-refractivity contribution in [2.75, 3.05) is 0 Å². The van der Waals surface area contributed by atoms with Gasteiger partial charge in [0, 0.05) is 17.7 Å². The van der Waals surface area contributed by atoms with E-state index in [1.54, 1.807) is 0 Å². The number of benzene rings is 2. The van der Waals surface area contributed by atoms with Gasteiger partial charge in [0.25, 0.3) is 5.79 Å². The summed E-state index contributed by atoms with van der Waals surface area (Å²) in [6.07, 6.45) is 0. The second-order valence-corrected chi connectivity index (χ2v) is 4.46. The van der Waals surface area contributed by atoms with E-state index in [-0.39, 0.29) is 28.4 Å². The van der Waals surface area contributed by atoms with Crippen LogP contribution in [0.2, 0.25) is 0 Å². The fourth-order valence-corrected chi connectivity index (χ4v) is 2.15. The van der Waals surface area contributed by atoms with E-state index in [0.29, 0.717) is 0 Å². The van der Waals surface area contributed by atoms with Gasteiger partial charge < -0.3 is 25.2 Å². The Labute approximate surface area is 113 Å². The van der Waals surface area contributed by atoms with Crippen molar-refractivity contribution in [2.45, 2.75) is 5.79 Å². The van der Waals surface area contributed by atoms with Gasteiger partial charge in [-0.2, -0.15) is 0 Å². The number of phenols is 3. The molecule has 1 atom stereocenters. The predicted octanol–water partition coefficient (Wildman–Crippen LogP) is 1.22. The Kier molecular flexibility index (Phi) is 2.39. The average molecular weight is 274 g/mol. The molecule has 0 amide bonds. The molecule has 1 aliphatic heterocycles. The van der Waals surface area contributed by atoms with Gasteiger partial charge in [-0.1, -0.05) is 0 Å². The van der Waals surface area contributed by atoms with Crippen molar-refractivity contribution in [3.63, 3.8) is 0 Å². The molecule has 0 saturated heterocycles. The summed E-state index contributed by atoms with van der Waals surface area (Å²) in [5, 5.41) is 38.7. The molecule has 20 heavy (non-hydrogen) atoms. The highest BCUT2D eigenvalue weighted by molar-refractivity contribution is 6.09. The standard InChI is InChI=1S/C14H10O6/c15-8-3-1-7(2-4-8)14(19)13(18)12-10(17)5-9(16)6-11(12)20-14/h1-6,15-17,19H. The predicted molar refractivity (Wildman–Crippen MR) is 66.7 cm³/mol. The SMILES string of the molecule is O=C1c2c(O)cc(O)cc2OC1(O)c1ccc(O)cc1. The highest BCUT2D eigenvalue weighted by atomic mass is 16.6. The quantitative estimate of drug-likeness (QED) is 0.623. The minimum atomic E-state index is -2.29. The van der Waals surface area contributed by atoms with Gasteiger partial charge in [0.15, 0.2) is 0 Å². The molecule has 2 aromatic rings. The normalized spacial score (nSPS) is 20.6. The van der Waals surface area contributed by atoms with Crippen molar-refractivity contribution in [3.8, 4) is 23.0 Å². The lowest BCUT2D eigenvalue weighted by molar-refractivity contribution is -0.0960. The zero-order chi connectivity index (χ0) is 14.5. The van der Waals surface area contributed by atoms with Crippen LogP contribution in [-0.2, 0) is 5.79 Å². The molecule has 1 aliphatic rings. The lowest BCUT2D eigenvalue weighted by Crippen LogP contribution is -2.36. The molecule has 102 valence electrons. The molecule has 0 fully saturated rings. The molecule has 0 saturated carbocycles. The summed E-state index contributed by atoms with van der Waals surface area (Å²) in [5.74, 6) is -4.02. The van der Waals surface area contributed by atoms with Gasteiger partial charge in [0.2, 0.25) is 5.78 Å². The maximum atomic E-state index is 12.3. The first kappa shape index (κ1) is 12.3. The number of carbonyl (C=O) groups is 1. The van der Waals surface area contributed by atoms with Crippen molar-refractivity contribution in [1.29, 1.82) is 0 Å². The molecule has 1 heterocycles. The first-order valence-electron chi connectivity index (χ1n) is 5.73. The number of rotatable bonds is 1. The Hall–Kier alpha value is -2.73. The molecule has 2 aromatic carbocycles. The van der Waals surface area contributed by atoms with Gasteiger partial charge in [-0.25, -0.2) is 0 Å². The Balaban J connectivity index is 2.13. The van der Waals surface area contributed by atoms with Crippen LogP contribution in [0.1, 0.15) is 15.9 Å². The second-order valence-electron chi connectivity index (χ2n) is 4.46. The first-order chi connectivity index (χ1) is 9.41. The highest BCUT2D eigenvalue weighted by Crippen LogP contribution is 2.45. The van der Waals surface area contributed by atoms with Crippen molar-refractivity contribution < 1.29 is 30.0 Å². The summed E-state index contributed by atoms with van der Waals surface area (Å²) >= 11 is 0. The minimum Gasteiger partial charge on any atom is -0.508 e.